The molecule has 0 amide bonds. The highest BCUT2D eigenvalue weighted by Crippen LogP contribution is 2.34. The number of aromatic nitrogens is 1. The van der Waals surface area contributed by atoms with E-state index in [4.69, 9.17) is 23.2 Å². The molecule has 0 atom stereocenters. The average molecular weight is 362 g/mol. The Labute approximate surface area is 131 Å². The monoisotopic (exact) mass is 360 g/mol. The highest BCUT2D eigenvalue weighted by molar-refractivity contribution is 9.10. The molecular weight excluding hydrogens is 347 g/mol. The van der Waals surface area contributed by atoms with Crippen molar-refractivity contribution >= 4 is 44.8 Å². The van der Waals surface area contributed by atoms with Crippen LogP contribution in [-0.2, 0) is 13.1 Å². The molecule has 0 bridgehead atoms. The second-order valence-corrected chi connectivity index (χ2v) is 6.02. The first-order chi connectivity index (χ1) is 9.11. The molecule has 2 aromatic rings. The van der Waals surface area contributed by atoms with Crippen molar-refractivity contribution in [2.24, 2.45) is 0 Å². The lowest BCUT2D eigenvalue weighted by Gasteiger charge is -2.13. The second kappa shape index (κ2) is 6.69. The fourth-order valence-electron chi connectivity index (χ4n) is 1.96. The Hall–Kier alpha value is -0.640. The molecule has 0 aliphatic heterocycles. The zero-order chi connectivity index (χ0) is 13.8. The summed E-state index contributed by atoms with van der Waals surface area (Å²) in [6.45, 7) is 3.89. The predicted molar refractivity (Wildman–Crippen MR) is 86.2 cm³/mol. The van der Waals surface area contributed by atoms with Crippen molar-refractivity contribution in [3.05, 3.63) is 50.7 Å². The maximum atomic E-state index is 6.19. The molecule has 0 aliphatic rings. The number of hydrogen-bond donors (Lipinski definition) is 1. The van der Waals surface area contributed by atoms with E-state index in [-0.39, 0.29) is 0 Å². The molecule has 1 aromatic heterocycles. The van der Waals surface area contributed by atoms with Gasteiger partial charge in [0.1, 0.15) is 0 Å². The van der Waals surface area contributed by atoms with Crippen LogP contribution in [0.1, 0.15) is 19.0 Å². The van der Waals surface area contributed by atoms with Gasteiger partial charge in [-0.05, 0) is 30.7 Å². The van der Waals surface area contributed by atoms with Crippen molar-refractivity contribution in [1.29, 1.82) is 0 Å². The van der Waals surface area contributed by atoms with E-state index in [1.54, 1.807) is 0 Å². The van der Waals surface area contributed by atoms with Gasteiger partial charge in [-0.3, -0.25) is 0 Å². The summed E-state index contributed by atoms with van der Waals surface area (Å²) in [7, 11) is 0. The summed E-state index contributed by atoms with van der Waals surface area (Å²) in [6, 6.07) is 7.82. The molecule has 0 radical (unpaired) electrons. The van der Waals surface area contributed by atoms with Crippen LogP contribution in [-0.4, -0.2) is 4.57 Å². The summed E-state index contributed by atoms with van der Waals surface area (Å²) in [6.07, 6.45) is 3.20. The Balaban J connectivity index is 2.12. The lowest BCUT2D eigenvalue weighted by Crippen LogP contribution is -2.07. The van der Waals surface area contributed by atoms with Crippen LogP contribution >= 0.6 is 39.1 Å². The van der Waals surface area contributed by atoms with E-state index in [0.717, 1.165) is 23.1 Å². The summed E-state index contributed by atoms with van der Waals surface area (Å²) in [5.41, 5.74) is 1.99. The fraction of sp³-hybridized carbons (Fsp3) is 0.286. The molecular formula is C14H15BrCl2N2. The molecule has 19 heavy (non-hydrogen) atoms. The van der Waals surface area contributed by atoms with Crippen LogP contribution in [0.4, 0.5) is 5.69 Å². The predicted octanol–water partition coefficient (Wildman–Crippen LogP) is 5.58. The molecule has 2 rings (SSSR count). The van der Waals surface area contributed by atoms with Gasteiger partial charge in [0.2, 0.25) is 0 Å². The third-order valence-electron chi connectivity index (χ3n) is 2.84. The first-order valence-corrected chi connectivity index (χ1v) is 7.69. The summed E-state index contributed by atoms with van der Waals surface area (Å²) >= 11 is 15.8. The summed E-state index contributed by atoms with van der Waals surface area (Å²) < 4.78 is 3.11. The third kappa shape index (κ3) is 3.68. The zero-order valence-electron chi connectivity index (χ0n) is 10.6. The molecule has 0 fully saturated rings. The van der Waals surface area contributed by atoms with Gasteiger partial charge >= 0.3 is 0 Å². The van der Waals surface area contributed by atoms with Crippen molar-refractivity contribution in [3.63, 3.8) is 0 Å². The summed E-state index contributed by atoms with van der Waals surface area (Å²) in [5.74, 6) is 0. The van der Waals surface area contributed by atoms with Gasteiger partial charge in [-0.15, -0.1) is 0 Å². The van der Waals surface area contributed by atoms with Gasteiger partial charge < -0.3 is 9.88 Å². The largest absolute Gasteiger partial charge is 0.377 e. The van der Waals surface area contributed by atoms with Gasteiger partial charge in [-0.1, -0.05) is 46.1 Å². The Morgan fingerprint density at radius 2 is 1.95 bits per heavy atom. The summed E-state index contributed by atoms with van der Waals surface area (Å²) in [4.78, 5) is 0. The number of hydrogen-bond acceptors (Lipinski definition) is 1. The maximum Gasteiger partial charge on any atom is 0.0722 e. The number of aryl methyl sites for hydroxylation is 1. The van der Waals surface area contributed by atoms with Crippen molar-refractivity contribution in [1.82, 2.24) is 4.57 Å². The molecule has 102 valence electrons. The van der Waals surface area contributed by atoms with Crippen LogP contribution in [0.25, 0.3) is 0 Å². The molecule has 0 saturated carbocycles. The molecule has 5 heteroatoms. The fourth-order valence-corrected chi connectivity index (χ4v) is 3.30. The van der Waals surface area contributed by atoms with E-state index in [9.17, 15) is 0 Å². The molecule has 1 heterocycles. The number of benzene rings is 1. The molecule has 0 aliphatic carbocycles. The number of nitrogens with one attached hydrogen (secondary N) is 1. The SMILES string of the molecule is CCCn1cccc1CNc1c(Cl)cc(Br)cc1Cl. The highest BCUT2D eigenvalue weighted by Gasteiger charge is 2.08. The smallest absolute Gasteiger partial charge is 0.0722 e. The summed E-state index contributed by atoms with van der Waals surface area (Å²) in [5, 5.41) is 4.54. The Morgan fingerprint density at radius 1 is 1.26 bits per heavy atom. The van der Waals surface area contributed by atoms with Crippen LogP contribution in [0.15, 0.2) is 34.9 Å². The van der Waals surface area contributed by atoms with Crippen molar-refractivity contribution < 1.29 is 0 Å². The van der Waals surface area contributed by atoms with Gasteiger partial charge in [0, 0.05) is 22.9 Å². The van der Waals surface area contributed by atoms with Crippen molar-refractivity contribution in [3.8, 4) is 0 Å². The molecule has 0 unspecified atom stereocenters. The second-order valence-electron chi connectivity index (χ2n) is 4.29. The van der Waals surface area contributed by atoms with E-state index >= 15 is 0 Å². The third-order valence-corrected chi connectivity index (χ3v) is 3.90. The first kappa shape index (κ1) is 14.8. The van der Waals surface area contributed by atoms with E-state index < -0.39 is 0 Å². The molecule has 0 spiro atoms. The molecule has 1 aromatic carbocycles. The Kier molecular flexibility index (Phi) is 5.20. The standard InChI is InChI=1S/C14H15BrCl2N2/c1-2-5-19-6-3-4-11(19)9-18-14-12(16)7-10(15)8-13(14)17/h3-4,6-8,18H,2,5,9H2,1H3. The number of anilines is 1. The first-order valence-electron chi connectivity index (χ1n) is 6.14. The quantitative estimate of drug-likeness (QED) is 0.735. The van der Waals surface area contributed by atoms with Crippen molar-refractivity contribution in [2.75, 3.05) is 5.32 Å². The lowest BCUT2D eigenvalue weighted by molar-refractivity contribution is 0.654. The lowest BCUT2D eigenvalue weighted by atomic mass is 10.3. The average Bonchev–Trinajstić information content (AvgIpc) is 2.76. The maximum absolute atomic E-state index is 6.19. The number of halogens is 3. The van der Waals surface area contributed by atoms with Crippen LogP contribution in [0.5, 0.6) is 0 Å². The van der Waals surface area contributed by atoms with Crippen LogP contribution in [0, 0.1) is 0 Å². The van der Waals surface area contributed by atoms with Gasteiger partial charge in [0.05, 0.1) is 22.3 Å². The Bertz CT molecular complexity index is 543. The minimum absolute atomic E-state index is 0.618. The molecule has 0 saturated heterocycles. The van der Waals surface area contributed by atoms with Crippen LogP contribution < -0.4 is 5.32 Å². The van der Waals surface area contributed by atoms with E-state index in [1.807, 2.05) is 12.1 Å². The highest BCUT2D eigenvalue weighted by atomic mass is 79.9. The van der Waals surface area contributed by atoms with Crippen LogP contribution in [0.2, 0.25) is 10.0 Å². The van der Waals surface area contributed by atoms with Crippen molar-refractivity contribution in [2.45, 2.75) is 26.4 Å². The minimum Gasteiger partial charge on any atom is -0.377 e. The van der Waals surface area contributed by atoms with Crippen LogP contribution in [0.3, 0.4) is 0 Å². The molecule has 2 nitrogen and oxygen atoms in total. The minimum atomic E-state index is 0.618. The van der Waals surface area contributed by atoms with E-state index in [0.29, 0.717) is 16.6 Å². The number of rotatable bonds is 5. The van der Waals surface area contributed by atoms with Gasteiger partial charge in [0.15, 0.2) is 0 Å². The van der Waals surface area contributed by atoms with E-state index in [1.165, 1.54) is 5.69 Å². The van der Waals surface area contributed by atoms with E-state index in [2.05, 4.69) is 51.1 Å². The zero-order valence-corrected chi connectivity index (χ0v) is 13.7. The topological polar surface area (TPSA) is 17.0 Å². The normalized spacial score (nSPS) is 10.7. The Morgan fingerprint density at radius 3 is 2.58 bits per heavy atom. The van der Waals surface area contributed by atoms with Gasteiger partial charge in [0.25, 0.3) is 0 Å². The number of nitrogens with zero attached hydrogens (tertiary/aromatic N) is 1. The molecule has 1 N–H and O–H groups in total. The van der Waals surface area contributed by atoms with Gasteiger partial charge in [-0.25, -0.2) is 0 Å². The van der Waals surface area contributed by atoms with Gasteiger partial charge in [-0.2, -0.15) is 0 Å².